The molecule has 3 nitrogen and oxygen atoms in total. The summed E-state index contributed by atoms with van der Waals surface area (Å²) in [4.78, 5) is 14.5. The Morgan fingerprint density at radius 2 is 1.32 bits per heavy atom. The van der Waals surface area contributed by atoms with Crippen LogP contribution in [-0.4, -0.2) is 22.5 Å². The van der Waals surface area contributed by atoms with Gasteiger partial charge in [0.25, 0.3) is 0 Å². The number of carboxylic acid groups (broad SMARTS) is 1. The van der Waals surface area contributed by atoms with Gasteiger partial charge in [-0.05, 0) is 36.1 Å². The van der Waals surface area contributed by atoms with Gasteiger partial charge in [-0.1, -0.05) is 91.0 Å². The van der Waals surface area contributed by atoms with E-state index in [9.17, 15) is 9.90 Å². The van der Waals surface area contributed by atoms with Gasteiger partial charge in [0.1, 0.15) is 0 Å². The van der Waals surface area contributed by atoms with E-state index in [0.717, 1.165) is 18.5 Å². The van der Waals surface area contributed by atoms with Crippen molar-refractivity contribution in [1.82, 2.24) is 4.90 Å². The van der Waals surface area contributed by atoms with Crippen LogP contribution < -0.4 is 0 Å². The average Bonchev–Trinajstić information content (AvgIpc) is 2.76. The third-order valence-electron chi connectivity index (χ3n) is 5.69. The highest BCUT2D eigenvalue weighted by atomic mass is 16.4. The lowest BCUT2D eigenvalue weighted by atomic mass is 9.82. The summed E-state index contributed by atoms with van der Waals surface area (Å²) in [6.07, 6.45) is 1.60. The molecule has 3 aromatic rings. The van der Waals surface area contributed by atoms with Gasteiger partial charge in [0, 0.05) is 6.04 Å². The van der Waals surface area contributed by atoms with Crippen molar-refractivity contribution >= 4 is 5.97 Å². The highest BCUT2D eigenvalue weighted by molar-refractivity contribution is 5.71. The number of likely N-dealkylation sites (tertiary alicyclic amines) is 1. The second kappa shape index (κ2) is 8.41. The molecule has 142 valence electrons. The SMILES string of the molecule is O=C(O)C1CCCN(C(c2ccccc2)c2ccccc2)C1c1ccccc1. The molecular formula is C25H25NO2. The molecule has 2 unspecified atom stereocenters. The number of rotatable bonds is 5. The Labute approximate surface area is 166 Å². The zero-order valence-corrected chi connectivity index (χ0v) is 15.8. The van der Waals surface area contributed by atoms with Crippen LogP contribution in [0.15, 0.2) is 91.0 Å². The minimum absolute atomic E-state index is 0.0229. The smallest absolute Gasteiger partial charge is 0.308 e. The van der Waals surface area contributed by atoms with E-state index in [1.165, 1.54) is 11.1 Å². The quantitative estimate of drug-likeness (QED) is 0.660. The molecule has 0 saturated carbocycles. The molecule has 28 heavy (non-hydrogen) atoms. The minimum Gasteiger partial charge on any atom is -0.481 e. The Bertz CT molecular complexity index is 856. The first kappa shape index (κ1) is 18.5. The van der Waals surface area contributed by atoms with Crippen LogP contribution in [0.4, 0.5) is 0 Å². The number of hydrogen-bond acceptors (Lipinski definition) is 2. The summed E-state index contributed by atoms with van der Waals surface area (Å²) in [5.41, 5.74) is 3.47. The summed E-state index contributed by atoms with van der Waals surface area (Å²) < 4.78 is 0. The molecule has 4 rings (SSSR count). The van der Waals surface area contributed by atoms with Gasteiger partial charge in [0.2, 0.25) is 0 Å². The first-order valence-corrected chi connectivity index (χ1v) is 9.89. The molecule has 0 amide bonds. The molecule has 1 saturated heterocycles. The van der Waals surface area contributed by atoms with Gasteiger partial charge < -0.3 is 5.11 Å². The molecule has 1 N–H and O–H groups in total. The topological polar surface area (TPSA) is 40.5 Å². The molecule has 3 heteroatoms. The third-order valence-corrected chi connectivity index (χ3v) is 5.69. The number of benzene rings is 3. The van der Waals surface area contributed by atoms with Gasteiger partial charge in [0.15, 0.2) is 0 Å². The summed E-state index contributed by atoms with van der Waals surface area (Å²) >= 11 is 0. The first-order valence-electron chi connectivity index (χ1n) is 9.89. The zero-order chi connectivity index (χ0) is 19.3. The maximum Gasteiger partial charge on any atom is 0.308 e. The number of hydrogen-bond donors (Lipinski definition) is 1. The zero-order valence-electron chi connectivity index (χ0n) is 15.8. The fourth-order valence-electron chi connectivity index (χ4n) is 4.49. The van der Waals surface area contributed by atoms with Crippen LogP contribution in [-0.2, 0) is 4.79 Å². The standard InChI is InChI=1S/C25H25NO2/c27-25(28)22-17-10-18-26(24(22)21-15-8-3-9-16-21)23(19-11-4-1-5-12-19)20-13-6-2-7-14-20/h1-9,11-16,22-24H,10,17-18H2,(H,27,28). The van der Waals surface area contributed by atoms with E-state index < -0.39 is 11.9 Å². The van der Waals surface area contributed by atoms with Crippen LogP contribution in [0.1, 0.15) is 41.6 Å². The lowest BCUT2D eigenvalue weighted by molar-refractivity contribution is -0.146. The number of aliphatic carboxylic acids is 1. The van der Waals surface area contributed by atoms with E-state index in [4.69, 9.17) is 0 Å². The summed E-state index contributed by atoms with van der Waals surface area (Å²) in [5.74, 6) is -1.12. The van der Waals surface area contributed by atoms with Crippen molar-refractivity contribution in [2.24, 2.45) is 5.92 Å². The summed E-state index contributed by atoms with van der Waals surface area (Å²) in [5, 5.41) is 9.98. The van der Waals surface area contributed by atoms with Crippen molar-refractivity contribution in [2.45, 2.75) is 24.9 Å². The maximum atomic E-state index is 12.2. The van der Waals surface area contributed by atoms with E-state index in [-0.39, 0.29) is 12.1 Å². The third kappa shape index (κ3) is 3.71. The number of carboxylic acids is 1. The van der Waals surface area contributed by atoms with E-state index in [1.807, 2.05) is 30.3 Å². The van der Waals surface area contributed by atoms with E-state index >= 15 is 0 Å². The van der Waals surface area contributed by atoms with Crippen molar-refractivity contribution in [3.8, 4) is 0 Å². The van der Waals surface area contributed by atoms with Gasteiger partial charge in [-0.25, -0.2) is 0 Å². The fourth-order valence-corrected chi connectivity index (χ4v) is 4.49. The van der Waals surface area contributed by atoms with Crippen molar-refractivity contribution < 1.29 is 9.90 Å². The lowest BCUT2D eigenvalue weighted by Gasteiger charge is -2.44. The predicted octanol–water partition coefficient (Wildman–Crippen LogP) is 5.31. The largest absolute Gasteiger partial charge is 0.481 e. The van der Waals surface area contributed by atoms with Crippen molar-refractivity contribution in [2.75, 3.05) is 6.54 Å². The minimum atomic E-state index is -0.710. The summed E-state index contributed by atoms with van der Waals surface area (Å²) in [7, 11) is 0. The summed E-state index contributed by atoms with van der Waals surface area (Å²) in [6.45, 7) is 0.873. The monoisotopic (exact) mass is 371 g/mol. The normalized spacial score (nSPS) is 20.2. The van der Waals surface area contributed by atoms with Crippen LogP contribution in [0, 0.1) is 5.92 Å². The van der Waals surface area contributed by atoms with E-state index in [1.54, 1.807) is 0 Å². The molecule has 1 aliphatic heterocycles. The Morgan fingerprint density at radius 1 is 0.821 bits per heavy atom. The van der Waals surface area contributed by atoms with Crippen LogP contribution in [0.2, 0.25) is 0 Å². The molecule has 2 atom stereocenters. The molecule has 1 fully saturated rings. The molecule has 1 aliphatic rings. The number of piperidine rings is 1. The van der Waals surface area contributed by atoms with Gasteiger partial charge in [-0.15, -0.1) is 0 Å². The Balaban J connectivity index is 1.84. The Kier molecular flexibility index (Phi) is 5.54. The highest BCUT2D eigenvalue weighted by Gasteiger charge is 2.40. The second-order valence-electron chi connectivity index (χ2n) is 7.40. The van der Waals surface area contributed by atoms with Crippen molar-refractivity contribution in [3.05, 3.63) is 108 Å². The van der Waals surface area contributed by atoms with E-state index in [0.29, 0.717) is 6.42 Å². The molecule has 0 aliphatic carbocycles. The molecule has 0 bridgehead atoms. The number of carbonyl (C=O) groups is 1. The lowest BCUT2D eigenvalue weighted by Crippen LogP contribution is -2.44. The molecule has 1 heterocycles. The molecule has 0 radical (unpaired) electrons. The second-order valence-corrected chi connectivity index (χ2v) is 7.40. The molecular weight excluding hydrogens is 346 g/mol. The molecule has 0 spiro atoms. The van der Waals surface area contributed by atoms with Gasteiger partial charge in [-0.3, -0.25) is 9.69 Å². The maximum absolute atomic E-state index is 12.2. The van der Waals surface area contributed by atoms with Gasteiger partial charge >= 0.3 is 5.97 Å². The predicted molar refractivity (Wildman–Crippen MR) is 111 cm³/mol. The van der Waals surface area contributed by atoms with Crippen LogP contribution in [0.25, 0.3) is 0 Å². The van der Waals surface area contributed by atoms with Gasteiger partial charge in [0.05, 0.1) is 12.0 Å². The fraction of sp³-hybridized carbons (Fsp3) is 0.240. The van der Waals surface area contributed by atoms with Crippen LogP contribution in [0.5, 0.6) is 0 Å². The van der Waals surface area contributed by atoms with Crippen molar-refractivity contribution in [3.63, 3.8) is 0 Å². The van der Waals surface area contributed by atoms with Crippen molar-refractivity contribution in [1.29, 1.82) is 0 Å². The molecule has 3 aromatic carbocycles. The van der Waals surface area contributed by atoms with Crippen LogP contribution >= 0.6 is 0 Å². The van der Waals surface area contributed by atoms with Crippen LogP contribution in [0.3, 0.4) is 0 Å². The first-order chi connectivity index (χ1) is 13.8. The Morgan fingerprint density at radius 3 is 1.82 bits per heavy atom. The molecule has 0 aromatic heterocycles. The summed E-state index contributed by atoms with van der Waals surface area (Å²) in [6, 6.07) is 30.8. The average molecular weight is 371 g/mol. The highest BCUT2D eigenvalue weighted by Crippen LogP contribution is 2.43. The van der Waals surface area contributed by atoms with E-state index in [2.05, 4.69) is 65.6 Å². The Hall–Kier alpha value is -2.91. The number of nitrogens with zero attached hydrogens (tertiary/aromatic N) is 1. The van der Waals surface area contributed by atoms with Gasteiger partial charge in [-0.2, -0.15) is 0 Å².